The molecule has 0 aromatic rings. The number of likely N-dealkylation sites (tertiary alicyclic amines) is 1. The molecule has 0 amide bonds. The minimum atomic E-state index is 0.705. The van der Waals surface area contributed by atoms with E-state index in [-0.39, 0.29) is 0 Å². The molecule has 0 spiro atoms. The molecular formula is C11H25N3. The first-order valence-corrected chi connectivity index (χ1v) is 5.70. The van der Waals surface area contributed by atoms with Crippen LogP contribution in [0.3, 0.4) is 0 Å². The van der Waals surface area contributed by atoms with Crippen molar-refractivity contribution in [3.05, 3.63) is 0 Å². The topological polar surface area (TPSA) is 32.5 Å². The van der Waals surface area contributed by atoms with Gasteiger partial charge < -0.3 is 15.5 Å². The maximum Gasteiger partial charge on any atom is 0.0145 e. The normalized spacial score (nSPS) is 29.8. The van der Waals surface area contributed by atoms with Gasteiger partial charge in [-0.1, -0.05) is 0 Å². The number of nitrogens with two attached hydrogens (primary N) is 1. The Kier molecular flexibility index (Phi) is 4.85. The highest BCUT2D eigenvalue weighted by molar-refractivity contribution is 4.83. The second kappa shape index (κ2) is 5.69. The first-order chi connectivity index (χ1) is 6.65. The van der Waals surface area contributed by atoms with Crippen molar-refractivity contribution in [1.29, 1.82) is 0 Å². The Morgan fingerprint density at radius 3 is 2.71 bits per heavy atom. The summed E-state index contributed by atoms with van der Waals surface area (Å²) in [6.45, 7) is 3.27. The Morgan fingerprint density at radius 1 is 1.43 bits per heavy atom. The van der Waals surface area contributed by atoms with Crippen LogP contribution < -0.4 is 5.73 Å². The van der Waals surface area contributed by atoms with Gasteiger partial charge in [0.1, 0.15) is 0 Å². The van der Waals surface area contributed by atoms with Crippen molar-refractivity contribution in [3.63, 3.8) is 0 Å². The maximum absolute atomic E-state index is 5.82. The van der Waals surface area contributed by atoms with Crippen LogP contribution in [-0.2, 0) is 0 Å². The second-order valence-electron chi connectivity index (χ2n) is 4.78. The van der Waals surface area contributed by atoms with E-state index < -0.39 is 0 Å². The lowest BCUT2D eigenvalue weighted by molar-refractivity contribution is 0.110. The van der Waals surface area contributed by atoms with Gasteiger partial charge in [0.05, 0.1) is 0 Å². The molecule has 0 aromatic carbocycles. The molecule has 2 N–H and O–H groups in total. The van der Waals surface area contributed by atoms with Crippen LogP contribution >= 0.6 is 0 Å². The Hall–Kier alpha value is -0.120. The van der Waals surface area contributed by atoms with E-state index in [0.29, 0.717) is 12.0 Å². The molecule has 14 heavy (non-hydrogen) atoms. The maximum atomic E-state index is 5.82. The molecule has 1 heterocycles. The molecule has 0 bridgehead atoms. The van der Waals surface area contributed by atoms with E-state index in [1.807, 2.05) is 0 Å². The van der Waals surface area contributed by atoms with Crippen LogP contribution in [-0.4, -0.2) is 56.6 Å². The van der Waals surface area contributed by atoms with Crippen molar-refractivity contribution in [3.8, 4) is 0 Å². The van der Waals surface area contributed by atoms with Gasteiger partial charge in [-0.2, -0.15) is 0 Å². The zero-order valence-electron chi connectivity index (χ0n) is 9.87. The third kappa shape index (κ3) is 3.23. The summed E-state index contributed by atoms with van der Waals surface area (Å²) in [5.74, 6) is 0.716. The Morgan fingerprint density at radius 2 is 2.14 bits per heavy atom. The highest BCUT2D eigenvalue weighted by atomic mass is 15.2. The standard InChI is InChI=1S/C11H25N3/c1-13(2)8-6-11-10(9-12)5-4-7-14(11)3/h10-11H,4-9,12H2,1-3H3/t10-,11-/m1/s1. The Labute approximate surface area is 88.2 Å². The minimum absolute atomic E-state index is 0.705. The predicted molar refractivity (Wildman–Crippen MR) is 61.4 cm³/mol. The van der Waals surface area contributed by atoms with Crippen LogP contribution in [0.15, 0.2) is 0 Å². The van der Waals surface area contributed by atoms with Crippen molar-refractivity contribution in [2.45, 2.75) is 25.3 Å². The molecule has 1 aliphatic heterocycles. The molecule has 0 aliphatic carbocycles. The summed E-state index contributed by atoms with van der Waals surface area (Å²) >= 11 is 0. The van der Waals surface area contributed by atoms with Gasteiger partial charge in [-0.05, 0) is 66.0 Å². The number of piperidine rings is 1. The van der Waals surface area contributed by atoms with Crippen LogP contribution in [0.4, 0.5) is 0 Å². The molecule has 0 radical (unpaired) electrons. The van der Waals surface area contributed by atoms with Gasteiger partial charge in [-0.15, -0.1) is 0 Å². The van der Waals surface area contributed by atoms with E-state index in [1.54, 1.807) is 0 Å². The molecule has 3 heteroatoms. The zero-order chi connectivity index (χ0) is 10.6. The number of hydrogen-bond acceptors (Lipinski definition) is 3. The fourth-order valence-electron chi connectivity index (χ4n) is 2.44. The highest BCUT2D eigenvalue weighted by Crippen LogP contribution is 2.23. The van der Waals surface area contributed by atoms with E-state index in [4.69, 9.17) is 5.73 Å². The Bertz CT molecular complexity index is 159. The van der Waals surface area contributed by atoms with Crippen LogP contribution in [0.2, 0.25) is 0 Å². The molecule has 0 saturated carbocycles. The van der Waals surface area contributed by atoms with E-state index in [2.05, 4.69) is 30.9 Å². The Balaban J connectivity index is 2.42. The lowest BCUT2D eigenvalue weighted by atomic mass is 9.87. The molecular weight excluding hydrogens is 174 g/mol. The van der Waals surface area contributed by atoms with Gasteiger partial charge in [-0.3, -0.25) is 0 Å². The van der Waals surface area contributed by atoms with Crippen molar-refractivity contribution >= 4 is 0 Å². The van der Waals surface area contributed by atoms with Crippen LogP contribution in [0, 0.1) is 5.92 Å². The first kappa shape index (κ1) is 12.0. The zero-order valence-corrected chi connectivity index (χ0v) is 9.87. The molecule has 1 aliphatic rings. The SMILES string of the molecule is CN(C)CC[C@@H]1[C@@H](CN)CCCN1C. The summed E-state index contributed by atoms with van der Waals surface area (Å²) < 4.78 is 0. The molecule has 1 rings (SSSR count). The van der Waals surface area contributed by atoms with Gasteiger partial charge >= 0.3 is 0 Å². The quantitative estimate of drug-likeness (QED) is 0.720. The van der Waals surface area contributed by atoms with Gasteiger partial charge in [-0.25, -0.2) is 0 Å². The number of hydrogen-bond donors (Lipinski definition) is 1. The van der Waals surface area contributed by atoms with Crippen molar-refractivity contribution in [2.75, 3.05) is 40.8 Å². The number of nitrogens with zero attached hydrogens (tertiary/aromatic N) is 2. The van der Waals surface area contributed by atoms with Crippen LogP contribution in [0.5, 0.6) is 0 Å². The van der Waals surface area contributed by atoms with E-state index in [1.165, 1.54) is 32.4 Å². The fourth-order valence-corrected chi connectivity index (χ4v) is 2.44. The lowest BCUT2D eigenvalue weighted by Crippen LogP contribution is -2.46. The molecule has 1 saturated heterocycles. The van der Waals surface area contributed by atoms with Crippen LogP contribution in [0.25, 0.3) is 0 Å². The van der Waals surface area contributed by atoms with E-state index in [0.717, 1.165) is 6.54 Å². The fraction of sp³-hybridized carbons (Fsp3) is 1.00. The molecule has 0 aromatic heterocycles. The summed E-state index contributed by atoms with van der Waals surface area (Å²) in [5, 5.41) is 0. The average molecular weight is 199 g/mol. The van der Waals surface area contributed by atoms with Crippen molar-refractivity contribution < 1.29 is 0 Å². The molecule has 1 fully saturated rings. The monoisotopic (exact) mass is 199 g/mol. The average Bonchev–Trinajstić information content (AvgIpc) is 2.15. The van der Waals surface area contributed by atoms with Gasteiger partial charge in [0.25, 0.3) is 0 Å². The summed E-state index contributed by atoms with van der Waals surface area (Å²) in [6, 6.07) is 0.705. The third-order valence-corrected chi connectivity index (χ3v) is 3.37. The molecule has 0 unspecified atom stereocenters. The summed E-state index contributed by atoms with van der Waals surface area (Å²) in [7, 11) is 6.52. The van der Waals surface area contributed by atoms with E-state index >= 15 is 0 Å². The largest absolute Gasteiger partial charge is 0.330 e. The molecule has 2 atom stereocenters. The smallest absolute Gasteiger partial charge is 0.0145 e. The predicted octanol–water partition coefficient (Wildman–Crippen LogP) is 0.607. The summed E-state index contributed by atoms with van der Waals surface area (Å²) in [4.78, 5) is 4.75. The lowest BCUT2D eigenvalue weighted by Gasteiger charge is -2.39. The number of rotatable bonds is 4. The van der Waals surface area contributed by atoms with Crippen LogP contribution in [0.1, 0.15) is 19.3 Å². The molecule has 3 nitrogen and oxygen atoms in total. The van der Waals surface area contributed by atoms with Gasteiger partial charge in [0.2, 0.25) is 0 Å². The molecule has 84 valence electrons. The third-order valence-electron chi connectivity index (χ3n) is 3.37. The first-order valence-electron chi connectivity index (χ1n) is 5.70. The van der Waals surface area contributed by atoms with Gasteiger partial charge in [0.15, 0.2) is 0 Å². The highest BCUT2D eigenvalue weighted by Gasteiger charge is 2.27. The second-order valence-corrected chi connectivity index (χ2v) is 4.78. The minimum Gasteiger partial charge on any atom is -0.330 e. The summed E-state index contributed by atoms with van der Waals surface area (Å²) in [5.41, 5.74) is 5.82. The van der Waals surface area contributed by atoms with Gasteiger partial charge in [0, 0.05) is 6.04 Å². The van der Waals surface area contributed by atoms with Crippen molar-refractivity contribution in [1.82, 2.24) is 9.80 Å². The summed E-state index contributed by atoms with van der Waals surface area (Å²) in [6.07, 6.45) is 3.89. The van der Waals surface area contributed by atoms with E-state index in [9.17, 15) is 0 Å². The van der Waals surface area contributed by atoms with Crippen molar-refractivity contribution in [2.24, 2.45) is 11.7 Å².